The number of aliphatic hydroxyl groups is 1. The Morgan fingerprint density at radius 1 is 1.13 bits per heavy atom. The van der Waals surface area contributed by atoms with Gasteiger partial charge in [-0.1, -0.05) is 20.8 Å². The highest BCUT2D eigenvalue weighted by Gasteiger charge is 2.41. The van der Waals surface area contributed by atoms with Crippen LogP contribution in [-0.4, -0.2) is 91.1 Å². The van der Waals surface area contributed by atoms with Gasteiger partial charge >= 0.3 is 12.1 Å². The lowest BCUT2D eigenvalue weighted by molar-refractivity contribution is -0.169. The summed E-state index contributed by atoms with van der Waals surface area (Å²) in [6, 6.07) is 4.85. The molecule has 1 aromatic carbocycles. The molecule has 0 unspecified atom stereocenters. The Kier molecular flexibility index (Phi) is 9.76. The number of hydrogen-bond acceptors (Lipinski definition) is 8. The smallest absolute Gasteiger partial charge is 0.473 e. The Morgan fingerprint density at radius 2 is 1.80 bits per heavy atom. The summed E-state index contributed by atoms with van der Waals surface area (Å²) in [4.78, 5) is 49.4. The molecule has 11 nitrogen and oxygen atoms in total. The van der Waals surface area contributed by atoms with Crippen LogP contribution in [0.3, 0.4) is 0 Å². The molecule has 0 saturated carbocycles. The van der Waals surface area contributed by atoms with Crippen LogP contribution in [-0.2, 0) is 16.8 Å². The number of hydrogen-bond donors (Lipinski definition) is 2. The molecular formula is C31H38F3N5O6. The van der Waals surface area contributed by atoms with Gasteiger partial charge in [-0.05, 0) is 43.4 Å². The van der Waals surface area contributed by atoms with Crippen LogP contribution in [0.4, 0.5) is 18.9 Å². The molecule has 2 amide bonds. The molecule has 244 valence electrons. The van der Waals surface area contributed by atoms with Crippen molar-refractivity contribution in [2.24, 2.45) is 4.99 Å². The zero-order chi connectivity index (χ0) is 33.3. The van der Waals surface area contributed by atoms with Crippen LogP contribution < -0.4 is 19.7 Å². The van der Waals surface area contributed by atoms with Gasteiger partial charge in [-0.2, -0.15) is 18.2 Å². The third-order valence-electron chi connectivity index (χ3n) is 7.67. The summed E-state index contributed by atoms with van der Waals surface area (Å²) in [6.07, 6.45) is -4.61. The number of amidine groups is 1. The Morgan fingerprint density at radius 3 is 2.36 bits per heavy atom. The lowest BCUT2D eigenvalue weighted by Gasteiger charge is -2.35. The minimum atomic E-state index is -5.27. The second kappa shape index (κ2) is 13.0. The number of aliphatic hydroxyl groups excluding tert-OH is 1. The number of ketones is 1. The fraction of sp³-hybridized carbons (Fsp3) is 0.516. The Hall–Kier alpha value is -4.20. The Labute approximate surface area is 259 Å². The van der Waals surface area contributed by atoms with Crippen LogP contribution in [0.25, 0.3) is 0 Å². The molecule has 4 rings (SSSR count). The number of fused-ring (bicyclic) bond motifs is 1. The number of carbonyl (C=O) groups is 3. The number of anilines is 1. The summed E-state index contributed by atoms with van der Waals surface area (Å²) in [5.74, 6) is -3.23. The van der Waals surface area contributed by atoms with Crippen molar-refractivity contribution in [3.8, 4) is 11.5 Å². The van der Waals surface area contributed by atoms with Crippen molar-refractivity contribution >= 4 is 29.1 Å². The van der Waals surface area contributed by atoms with Crippen LogP contribution in [0, 0.1) is 0 Å². The number of Topliss-reactive ketones (excluding diaryl/α,β-unsaturated/α-hetero) is 1. The molecule has 14 heteroatoms. The normalized spacial score (nSPS) is 16.5. The topological polar surface area (TPSA) is 134 Å². The number of benzene rings is 1. The van der Waals surface area contributed by atoms with Gasteiger partial charge in [-0.3, -0.25) is 14.4 Å². The number of rotatable bonds is 8. The zero-order valence-corrected chi connectivity index (χ0v) is 26.2. The average Bonchev–Trinajstić information content (AvgIpc) is 3.30. The highest BCUT2D eigenvalue weighted by molar-refractivity contribution is 6.11. The van der Waals surface area contributed by atoms with Gasteiger partial charge in [-0.25, -0.2) is 4.98 Å². The van der Waals surface area contributed by atoms with E-state index in [1.54, 1.807) is 26.2 Å². The van der Waals surface area contributed by atoms with Crippen LogP contribution in [0.1, 0.15) is 78.2 Å². The first-order chi connectivity index (χ1) is 21.1. The third kappa shape index (κ3) is 7.21. The highest BCUT2D eigenvalue weighted by atomic mass is 19.4. The highest BCUT2D eigenvalue weighted by Crippen LogP contribution is 2.41. The maximum Gasteiger partial charge on any atom is 0.473 e. The predicted molar refractivity (Wildman–Crippen MR) is 160 cm³/mol. The van der Waals surface area contributed by atoms with E-state index in [-0.39, 0.29) is 35.9 Å². The SMILES string of the molecule is CCOc1cc2c(nc1C(=O)NC)/C(=N/C(=O)C(F)(F)F)N(CC(=O)c1cc(N3CCC(O)CC3)c(OC)c(C(C)(C)C)c1)C2. The number of amides is 2. The van der Waals surface area contributed by atoms with Crippen molar-refractivity contribution in [3.05, 3.63) is 46.3 Å². The summed E-state index contributed by atoms with van der Waals surface area (Å²) < 4.78 is 51.4. The van der Waals surface area contributed by atoms with Gasteiger partial charge in [0, 0.05) is 43.4 Å². The minimum Gasteiger partial charge on any atom is -0.494 e. The number of nitrogens with one attached hydrogen (secondary N) is 1. The average molecular weight is 634 g/mol. The van der Waals surface area contributed by atoms with Crippen molar-refractivity contribution in [2.75, 3.05) is 45.3 Å². The first kappa shape index (κ1) is 33.7. The maximum absolute atomic E-state index is 13.9. The van der Waals surface area contributed by atoms with Crippen LogP contribution in [0.2, 0.25) is 0 Å². The summed E-state index contributed by atoms with van der Waals surface area (Å²) in [7, 11) is 2.91. The van der Waals surface area contributed by atoms with Gasteiger partial charge in [0.2, 0.25) is 0 Å². The van der Waals surface area contributed by atoms with Crippen molar-refractivity contribution in [1.82, 2.24) is 15.2 Å². The molecule has 0 bridgehead atoms. The quantitative estimate of drug-likeness (QED) is 0.418. The van der Waals surface area contributed by atoms with E-state index in [9.17, 15) is 32.7 Å². The van der Waals surface area contributed by atoms with Gasteiger partial charge in [0.05, 0.1) is 32.1 Å². The maximum atomic E-state index is 13.9. The standard InChI is InChI=1S/C31H38F3N5O6/c1-7-45-23-14-18-15-39(27(37-29(43)31(32,33)34)24(18)36-25(23)28(42)35-5)16-22(41)17-12-20(30(2,3)4)26(44-6)21(13-17)38-10-8-19(40)9-11-38/h12-14,19,40H,7-11,15-16H2,1-6H3,(H,35,42)/b37-27-. The van der Waals surface area contributed by atoms with E-state index in [1.165, 1.54) is 18.0 Å². The molecule has 0 radical (unpaired) electrons. The number of alkyl halides is 3. The van der Waals surface area contributed by atoms with Crippen LogP contribution >= 0.6 is 0 Å². The van der Waals surface area contributed by atoms with Crippen LogP contribution in [0.15, 0.2) is 23.2 Å². The number of pyridine rings is 1. The zero-order valence-electron chi connectivity index (χ0n) is 26.2. The van der Waals surface area contributed by atoms with E-state index >= 15 is 0 Å². The van der Waals surface area contributed by atoms with E-state index in [4.69, 9.17) is 9.47 Å². The predicted octanol–water partition coefficient (Wildman–Crippen LogP) is 3.64. The van der Waals surface area contributed by atoms with E-state index in [1.807, 2.05) is 25.7 Å². The fourth-order valence-electron chi connectivity index (χ4n) is 5.39. The van der Waals surface area contributed by atoms with Crippen molar-refractivity contribution in [3.63, 3.8) is 0 Å². The van der Waals surface area contributed by atoms with Crippen molar-refractivity contribution in [1.29, 1.82) is 0 Å². The Balaban J connectivity index is 1.79. The van der Waals surface area contributed by atoms with E-state index in [2.05, 4.69) is 15.3 Å². The van der Waals surface area contributed by atoms with Gasteiger partial charge in [0.15, 0.2) is 23.1 Å². The van der Waals surface area contributed by atoms with Gasteiger partial charge in [-0.15, -0.1) is 0 Å². The number of ether oxygens (including phenoxy) is 2. The van der Waals surface area contributed by atoms with Gasteiger partial charge < -0.3 is 29.7 Å². The molecule has 2 aromatic rings. The number of carbonyl (C=O) groups excluding carboxylic acids is 3. The number of piperidine rings is 1. The molecule has 1 fully saturated rings. The number of methoxy groups -OCH3 is 1. The lowest BCUT2D eigenvalue weighted by atomic mass is 9.84. The second-order valence-corrected chi connectivity index (χ2v) is 11.9. The molecule has 0 spiro atoms. The first-order valence-electron chi connectivity index (χ1n) is 14.6. The molecule has 2 aliphatic rings. The summed E-state index contributed by atoms with van der Waals surface area (Å²) >= 11 is 0. The lowest BCUT2D eigenvalue weighted by Crippen LogP contribution is -2.37. The van der Waals surface area contributed by atoms with Crippen LogP contribution in [0.5, 0.6) is 11.5 Å². The number of nitrogens with zero attached hydrogens (tertiary/aromatic N) is 4. The van der Waals surface area contributed by atoms with Gasteiger partial charge in [0.25, 0.3) is 5.91 Å². The summed E-state index contributed by atoms with van der Waals surface area (Å²) in [5.41, 5.74) is 1.28. The van der Waals surface area contributed by atoms with Crippen molar-refractivity contribution < 1.29 is 42.1 Å². The second-order valence-electron chi connectivity index (χ2n) is 11.9. The van der Waals surface area contributed by atoms with E-state index in [0.717, 1.165) is 5.56 Å². The molecule has 3 heterocycles. The van der Waals surface area contributed by atoms with E-state index in [0.29, 0.717) is 42.9 Å². The summed E-state index contributed by atoms with van der Waals surface area (Å²) in [5, 5.41) is 12.5. The number of aliphatic imine (C=N–C) groups is 1. The first-order valence-corrected chi connectivity index (χ1v) is 14.6. The monoisotopic (exact) mass is 633 g/mol. The molecule has 0 atom stereocenters. The molecule has 1 aromatic heterocycles. The molecule has 1 saturated heterocycles. The molecule has 2 N–H and O–H groups in total. The minimum absolute atomic E-state index is 0.103. The molecule has 0 aliphatic carbocycles. The van der Waals surface area contributed by atoms with Gasteiger partial charge in [0.1, 0.15) is 11.4 Å². The summed E-state index contributed by atoms with van der Waals surface area (Å²) in [6.45, 7) is 8.33. The largest absolute Gasteiger partial charge is 0.494 e. The number of halogens is 3. The molecular weight excluding hydrogens is 595 g/mol. The molecule has 45 heavy (non-hydrogen) atoms. The fourth-order valence-corrected chi connectivity index (χ4v) is 5.39. The van der Waals surface area contributed by atoms with E-state index < -0.39 is 47.7 Å². The molecule has 2 aliphatic heterocycles. The third-order valence-corrected chi connectivity index (χ3v) is 7.67. The Bertz CT molecular complexity index is 1510. The van der Waals surface area contributed by atoms with Crippen molar-refractivity contribution in [2.45, 2.75) is 64.8 Å². The number of aromatic nitrogens is 1.